The van der Waals surface area contributed by atoms with Gasteiger partial charge in [-0.1, -0.05) is 27.7 Å². The maximum absolute atomic E-state index is 11.9. The predicted molar refractivity (Wildman–Crippen MR) is 107 cm³/mol. The Bertz CT molecular complexity index is 636. The molecule has 0 radical (unpaired) electrons. The van der Waals surface area contributed by atoms with Gasteiger partial charge in [-0.2, -0.15) is 0 Å². The van der Waals surface area contributed by atoms with E-state index in [9.17, 15) is 4.79 Å². The zero-order chi connectivity index (χ0) is 19.3. The summed E-state index contributed by atoms with van der Waals surface area (Å²) >= 11 is 1.71. The second-order valence-electron chi connectivity index (χ2n) is 7.87. The summed E-state index contributed by atoms with van der Waals surface area (Å²) in [6.07, 6.45) is 0.833. The number of carbonyl (C=O) groups excluding carboxylic acids is 1. The first kappa shape index (κ1) is 20.7. The first-order valence-electron chi connectivity index (χ1n) is 9.32. The number of hydrogen-bond donors (Lipinski definition) is 1. The summed E-state index contributed by atoms with van der Waals surface area (Å²) in [5.74, 6) is 0.920. The van der Waals surface area contributed by atoms with Gasteiger partial charge in [0.05, 0.1) is 23.7 Å². The highest BCUT2D eigenvalue weighted by Crippen LogP contribution is 2.25. The van der Waals surface area contributed by atoms with Crippen LogP contribution in [0.15, 0.2) is 10.4 Å². The number of aromatic nitrogens is 1. The zero-order valence-corrected chi connectivity index (χ0v) is 17.7. The Morgan fingerprint density at radius 2 is 2.19 bits per heavy atom. The number of guanidine groups is 1. The van der Waals surface area contributed by atoms with Crippen molar-refractivity contribution >= 4 is 23.3 Å². The molecule has 1 aliphatic rings. The maximum Gasteiger partial charge on any atom is 0.310 e. The van der Waals surface area contributed by atoms with E-state index in [4.69, 9.17) is 14.7 Å². The molecule has 146 valence electrons. The Hall–Kier alpha value is -1.63. The molecular weight excluding hydrogens is 348 g/mol. The number of esters is 1. The molecule has 0 amide bonds. The van der Waals surface area contributed by atoms with Gasteiger partial charge >= 0.3 is 5.97 Å². The lowest BCUT2D eigenvalue weighted by atomic mass is 9.93. The molecule has 0 saturated carbocycles. The molecule has 2 rings (SSSR count). The highest BCUT2D eigenvalue weighted by molar-refractivity contribution is 7.09. The van der Waals surface area contributed by atoms with Gasteiger partial charge in [-0.3, -0.25) is 9.79 Å². The molecule has 2 heterocycles. The standard InChI is InChI=1S/C19H32N4O2S/c1-7-20-18(23-10-13(2)14(11-23)17(24)25-6)21-9-8-16-22-15(12-26-16)19(3,4)5/h12-14H,7-11H2,1-6H3,(H,20,21). The van der Waals surface area contributed by atoms with Crippen LogP contribution in [0.1, 0.15) is 45.3 Å². The van der Waals surface area contributed by atoms with Crippen molar-refractivity contribution in [3.05, 3.63) is 16.1 Å². The van der Waals surface area contributed by atoms with Gasteiger partial charge in [-0.05, 0) is 12.8 Å². The Labute approximate surface area is 161 Å². The molecule has 1 aromatic rings. The zero-order valence-electron chi connectivity index (χ0n) is 16.8. The lowest BCUT2D eigenvalue weighted by Crippen LogP contribution is -2.40. The van der Waals surface area contributed by atoms with Crippen molar-refractivity contribution in [2.24, 2.45) is 16.8 Å². The monoisotopic (exact) mass is 380 g/mol. The number of thiazole rings is 1. The van der Waals surface area contributed by atoms with Gasteiger partial charge in [0, 0.05) is 43.4 Å². The number of hydrogen-bond acceptors (Lipinski definition) is 5. The molecule has 0 spiro atoms. The van der Waals surface area contributed by atoms with E-state index in [1.54, 1.807) is 11.3 Å². The van der Waals surface area contributed by atoms with E-state index in [-0.39, 0.29) is 23.2 Å². The second kappa shape index (κ2) is 8.84. The van der Waals surface area contributed by atoms with Crippen molar-refractivity contribution in [3.63, 3.8) is 0 Å². The third kappa shape index (κ3) is 5.19. The first-order valence-corrected chi connectivity index (χ1v) is 10.2. The van der Waals surface area contributed by atoms with Gasteiger partial charge in [0.15, 0.2) is 5.96 Å². The van der Waals surface area contributed by atoms with Gasteiger partial charge < -0.3 is 15.0 Å². The van der Waals surface area contributed by atoms with Gasteiger partial charge in [0.1, 0.15) is 0 Å². The largest absolute Gasteiger partial charge is 0.469 e. The minimum Gasteiger partial charge on any atom is -0.469 e. The number of methoxy groups -OCH3 is 1. The van der Waals surface area contributed by atoms with Crippen LogP contribution in [0.25, 0.3) is 0 Å². The number of aliphatic imine (C=N–C) groups is 1. The molecule has 6 nitrogen and oxygen atoms in total. The molecule has 0 bridgehead atoms. The third-order valence-electron chi connectivity index (χ3n) is 4.66. The van der Waals surface area contributed by atoms with Crippen LogP contribution in [0, 0.1) is 11.8 Å². The van der Waals surface area contributed by atoms with Crippen molar-refractivity contribution in [2.45, 2.75) is 46.5 Å². The molecule has 1 aliphatic heterocycles. The average molecular weight is 381 g/mol. The van der Waals surface area contributed by atoms with Crippen LogP contribution in [0.2, 0.25) is 0 Å². The van der Waals surface area contributed by atoms with Crippen molar-refractivity contribution in [3.8, 4) is 0 Å². The minimum atomic E-state index is -0.131. The van der Waals surface area contributed by atoms with Crippen LogP contribution in [-0.2, 0) is 21.4 Å². The van der Waals surface area contributed by atoms with Crippen LogP contribution in [0.5, 0.6) is 0 Å². The summed E-state index contributed by atoms with van der Waals surface area (Å²) < 4.78 is 4.93. The Morgan fingerprint density at radius 3 is 2.77 bits per heavy atom. The molecule has 7 heteroatoms. The number of likely N-dealkylation sites (tertiary alicyclic amines) is 1. The molecule has 0 aliphatic carbocycles. The molecule has 1 N–H and O–H groups in total. The molecule has 1 saturated heterocycles. The molecule has 1 fully saturated rings. The molecule has 1 aromatic heterocycles. The van der Waals surface area contributed by atoms with Gasteiger partial charge in [0.2, 0.25) is 0 Å². The Balaban J connectivity index is 1.99. The van der Waals surface area contributed by atoms with Crippen LogP contribution in [0.4, 0.5) is 0 Å². The molecular formula is C19H32N4O2S. The second-order valence-corrected chi connectivity index (χ2v) is 8.82. The molecule has 2 atom stereocenters. The fraction of sp³-hybridized carbons (Fsp3) is 0.737. The minimum absolute atomic E-state index is 0.0849. The van der Waals surface area contributed by atoms with Crippen molar-refractivity contribution in [1.82, 2.24) is 15.2 Å². The van der Waals surface area contributed by atoms with E-state index in [1.807, 2.05) is 0 Å². The van der Waals surface area contributed by atoms with Gasteiger partial charge in [-0.25, -0.2) is 4.98 Å². The van der Waals surface area contributed by atoms with Crippen molar-refractivity contribution in [2.75, 3.05) is 33.3 Å². The van der Waals surface area contributed by atoms with Gasteiger partial charge in [-0.15, -0.1) is 11.3 Å². The van der Waals surface area contributed by atoms with E-state index >= 15 is 0 Å². The van der Waals surface area contributed by atoms with E-state index in [1.165, 1.54) is 7.11 Å². The SMILES string of the molecule is CCNC(=NCCc1nc(C(C)(C)C)cs1)N1CC(C)C(C(=O)OC)C1. The normalized spacial score (nSPS) is 21.2. The van der Waals surface area contributed by atoms with Gasteiger partial charge in [0.25, 0.3) is 0 Å². The van der Waals surface area contributed by atoms with Crippen LogP contribution in [0.3, 0.4) is 0 Å². The molecule has 0 aromatic carbocycles. The summed E-state index contributed by atoms with van der Waals surface area (Å²) in [6.45, 7) is 13.7. The lowest BCUT2D eigenvalue weighted by molar-refractivity contribution is -0.145. The molecule has 2 unspecified atom stereocenters. The summed E-state index contributed by atoms with van der Waals surface area (Å²) in [6, 6.07) is 0. The Kier molecular flexibility index (Phi) is 7.03. The number of rotatable bonds is 5. The van der Waals surface area contributed by atoms with E-state index < -0.39 is 0 Å². The van der Waals surface area contributed by atoms with E-state index in [0.29, 0.717) is 13.1 Å². The summed E-state index contributed by atoms with van der Waals surface area (Å²) in [5.41, 5.74) is 1.23. The smallest absolute Gasteiger partial charge is 0.310 e. The fourth-order valence-electron chi connectivity index (χ4n) is 3.05. The van der Waals surface area contributed by atoms with E-state index in [0.717, 1.165) is 36.2 Å². The lowest BCUT2D eigenvalue weighted by Gasteiger charge is -2.21. The highest BCUT2D eigenvalue weighted by atomic mass is 32.1. The topological polar surface area (TPSA) is 66.8 Å². The first-order chi connectivity index (χ1) is 12.3. The van der Waals surface area contributed by atoms with Crippen LogP contribution < -0.4 is 5.32 Å². The van der Waals surface area contributed by atoms with Crippen molar-refractivity contribution < 1.29 is 9.53 Å². The fourth-order valence-corrected chi connectivity index (χ4v) is 4.07. The van der Waals surface area contributed by atoms with Crippen LogP contribution >= 0.6 is 11.3 Å². The maximum atomic E-state index is 11.9. The molecule has 26 heavy (non-hydrogen) atoms. The Morgan fingerprint density at radius 1 is 1.46 bits per heavy atom. The van der Waals surface area contributed by atoms with Crippen LogP contribution in [-0.4, -0.2) is 55.1 Å². The quantitative estimate of drug-likeness (QED) is 0.483. The number of carbonyl (C=O) groups is 1. The summed E-state index contributed by atoms with van der Waals surface area (Å²) in [5, 5.41) is 6.61. The summed E-state index contributed by atoms with van der Waals surface area (Å²) in [7, 11) is 1.46. The van der Waals surface area contributed by atoms with E-state index in [2.05, 4.69) is 50.2 Å². The highest BCUT2D eigenvalue weighted by Gasteiger charge is 2.36. The summed E-state index contributed by atoms with van der Waals surface area (Å²) in [4.78, 5) is 23.6. The predicted octanol–water partition coefficient (Wildman–Crippen LogP) is 2.69. The number of ether oxygens (including phenoxy) is 1. The number of nitrogens with one attached hydrogen (secondary N) is 1. The van der Waals surface area contributed by atoms with Crippen molar-refractivity contribution in [1.29, 1.82) is 0 Å². The third-order valence-corrected chi connectivity index (χ3v) is 5.57. The average Bonchev–Trinajstić information content (AvgIpc) is 3.20. The number of nitrogens with zero attached hydrogens (tertiary/aromatic N) is 3.